The summed E-state index contributed by atoms with van der Waals surface area (Å²) in [5.41, 5.74) is -0.0133. The van der Waals surface area contributed by atoms with Gasteiger partial charge in [-0.1, -0.05) is 0 Å². The minimum atomic E-state index is -1.08. The first kappa shape index (κ1) is 11.4. The van der Waals surface area contributed by atoms with E-state index < -0.39 is 12.1 Å². The summed E-state index contributed by atoms with van der Waals surface area (Å²) in [6.45, 7) is 2.17. The summed E-state index contributed by atoms with van der Waals surface area (Å²) in [5.74, 6) is -1.08. The van der Waals surface area contributed by atoms with E-state index in [4.69, 9.17) is 5.11 Å². The predicted molar refractivity (Wildman–Crippen MR) is 52.9 cm³/mol. The number of aromatic nitrogens is 1. The third kappa shape index (κ3) is 3.55. The predicted octanol–water partition coefficient (Wildman–Crippen LogP) is 1.09. The highest BCUT2D eigenvalue weighted by Crippen LogP contribution is 2.09. The summed E-state index contributed by atoms with van der Waals surface area (Å²) >= 11 is 1.18. The van der Waals surface area contributed by atoms with Crippen molar-refractivity contribution >= 4 is 23.4 Å². The number of carboxylic acids is 1. The molecule has 0 aliphatic rings. The normalized spacial score (nSPS) is 9.67. The fraction of sp³-hybridized carbons (Fsp3) is 0.375. The molecule has 1 rings (SSSR count). The van der Waals surface area contributed by atoms with Crippen molar-refractivity contribution in [3.63, 3.8) is 0 Å². The largest absolute Gasteiger partial charge is 0.476 e. The Morgan fingerprint density at radius 1 is 1.67 bits per heavy atom. The Morgan fingerprint density at radius 3 is 2.93 bits per heavy atom. The molecule has 1 aromatic heterocycles. The molecule has 0 saturated heterocycles. The number of carbonyl (C=O) groups is 2. The van der Waals surface area contributed by atoms with Crippen LogP contribution in [0.4, 0.5) is 4.79 Å². The molecule has 0 spiro atoms. The van der Waals surface area contributed by atoms with Gasteiger partial charge in [0.15, 0.2) is 5.69 Å². The van der Waals surface area contributed by atoms with Gasteiger partial charge in [0.05, 0.1) is 13.2 Å². The highest BCUT2D eigenvalue weighted by atomic mass is 32.1. The quantitative estimate of drug-likeness (QED) is 0.808. The minimum Gasteiger partial charge on any atom is -0.476 e. The van der Waals surface area contributed by atoms with Crippen LogP contribution in [0.5, 0.6) is 0 Å². The van der Waals surface area contributed by atoms with Gasteiger partial charge in [-0.05, 0) is 6.92 Å². The maximum Gasteiger partial charge on any atom is 0.407 e. The number of thiazole rings is 1. The summed E-state index contributed by atoms with van der Waals surface area (Å²) in [4.78, 5) is 25.2. The van der Waals surface area contributed by atoms with Gasteiger partial charge in [0.2, 0.25) is 0 Å². The second kappa shape index (κ2) is 5.30. The van der Waals surface area contributed by atoms with Crippen molar-refractivity contribution in [1.29, 1.82) is 0 Å². The molecule has 6 nitrogen and oxygen atoms in total. The van der Waals surface area contributed by atoms with Gasteiger partial charge < -0.3 is 15.2 Å². The number of hydrogen-bond donors (Lipinski definition) is 2. The minimum absolute atomic E-state index is 0.0133. The van der Waals surface area contributed by atoms with E-state index in [0.717, 1.165) is 0 Å². The van der Waals surface area contributed by atoms with Gasteiger partial charge in [0.25, 0.3) is 0 Å². The zero-order chi connectivity index (χ0) is 11.3. The molecule has 0 fully saturated rings. The van der Waals surface area contributed by atoms with Crippen molar-refractivity contribution in [2.24, 2.45) is 0 Å². The smallest absolute Gasteiger partial charge is 0.407 e. The fourth-order valence-electron chi connectivity index (χ4n) is 0.820. The van der Waals surface area contributed by atoms with E-state index in [2.05, 4.69) is 15.0 Å². The number of carbonyl (C=O) groups excluding carboxylic acids is 1. The lowest BCUT2D eigenvalue weighted by atomic mass is 10.5. The number of ether oxygens (including phenoxy) is 1. The van der Waals surface area contributed by atoms with E-state index in [1.807, 2.05) is 0 Å². The first-order valence-electron chi connectivity index (χ1n) is 4.21. The summed E-state index contributed by atoms with van der Waals surface area (Å²) in [5, 5.41) is 13.0. The highest BCUT2D eigenvalue weighted by Gasteiger charge is 2.09. The lowest BCUT2D eigenvalue weighted by Gasteiger charge is -2.01. The SMILES string of the molecule is CCOC(=O)NCc1nc(C(=O)O)cs1. The first-order chi connectivity index (χ1) is 7.13. The number of amides is 1. The standard InChI is InChI=1S/C8H10N2O4S/c1-2-14-8(13)9-3-6-10-5(4-15-6)7(11)12/h4H,2-3H2,1H3,(H,9,13)(H,11,12). The number of nitrogens with zero attached hydrogens (tertiary/aromatic N) is 1. The zero-order valence-corrected chi connectivity index (χ0v) is 8.84. The van der Waals surface area contributed by atoms with Crippen LogP contribution in [-0.2, 0) is 11.3 Å². The Balaban J connectivity index is 2.44. The van der Waals surface area contributed by atoms with Crippen LogP contribution < -0.4 is 5.32 Å². The number of carboxylic acid groups (broad SMARTS) is 1. The van der Waals surface area contributed by atoms with Gasteiger partial charge in [0.1, 0.15) is 5.01 Å². The second-order valence-electron chi connectivity index (χ2n) is 2.51. The number of aromatic carboxylic acids is 1. The van der Waals surface area contributed by atoms with E-state index in [9.17, 15) is 9.59 Å². The van der Waals surface area contributed by atoms with Crippen LogP contribution in [0.1, 0.15) is 22.4 Å². The summed E-state index contributed by atoms with van der Waals surface area (Å²) < 4.78 is 4.63. The molecule has 0 bridgehead atoms. The van der Waals surface area contributed by atoms with Crippen molar-refractivity contribution in [1.82, 2.24) is 10.3 Å². The van der Waals surface area contributed by atoms with Crippen LogP contribution in [-0.4, -0.2) is 28.8 Å². The Labute approximate surface area is 89.9 Å². The molecule has 0 aliphatic heterocycles. The molecule has 0 unspecified atom stereocenters. The van der Waals surface area contributed by atoms with Crippen LogP contribution in [0.15, 0.2) is 5.38 Å². The summed E-state index contributed by atoms with van der Waals surface area (Å²) in [6, 6.07) is 0. The van der Waals surface area contributed by atoms with Crippen LogP contribution >= 0.6 is 11.3 Å². The highest BCUT2D eigenvalue weighted by molar-refractivity contribution is 7.09. The molecule has 0 radical (unpaired) electrons. The number of rotatable bonds is 4. The Hall–Kier alpha value is -1.63. The molecule has 0 saturated carbocycles. The molecule has 15 heavy (non-hydrogen) atoms. The second-order valence-corrected chi connectivity index (χ2v) is 3.45. The Morgan fingerprint density at radius 2 is 2.40 bits per heavy atom. The van der Waals surface area contributed by atoms with Gasteiger partial charge in [-0.15, -0.1) is 11.3 Å². The molecule has 2 N–H and O–H groups in total. The van der Waals surface area contributed by atoms with Crippen LogP contribution in [0.25, 0.3) is 0 Å². The van der Waals surface area contributed by atoms with Gasteiger partial charge in [-0.25, -0.2) is 14.6 Å². The molecule has 0 aromatic carbocycles. The van der Waals surface area contributed by atoms with Crippen LogP contribution in [0.3, 0.4) is 0 Å². The molecule has 1 aromatic rings. The van der Waals surface area contributed by atoms with Gasteiger partial charge in [0, 0.05) is 5.38 Å². The monoisotopic (exact) mass is 230 g/mol. The molecule has 7 heteroatoms. The number of nitrogens with one attached hydrogen (secondary N) is 1. The fourth-order valence-corrected chi connectivity index (χ4v) is 1.53. The molecular formula is C8H10N2O4S. The van der Waals surface area contributed by atoms with Gasteiger partial charge >= 0.3 is 12.1 Å². The van der Waals surface area contributed by atoms with Crippen molar-refractivity contribution in [2.75, 3.05) is 6.61 Å². The molecular weight excluding hydrogens is 220 g/mol. The lowest BCUT2D eigenvalue weighted by Crippen LogP contribution is -2.23. The van der Waals surface area contributed by atoms with Gasteiger partial charge in [-0.2, -0.15) is 0 Å². The summed E-state index contributed by atoms with van der Waals surface area (Å²) in [7, 11) is 0. The Kier molecular flexibility index (Phi) is 4.04. The maximum absolute atomic E-state index is 10.9. The van der Waals surface area contributed by atoms with Crippen LogP contribution in [0.2, 0.25) is 0 Å². The Bertz CT molecular complexity index is 363. The first-order valence-corrected chi connectivity index (χ1v) is 5.09. The summed E-state index contributed by atoms with van der Waals surface area (Å²) in [6.07, 6.45) is -0.537. The number of hydrogen-bond acceptors (Lipinski definition) is 5. The lowest BCUT2D eigenvalue weighted by molar-refractivity contribution is 0.0691. The number of alkyl carbamates (subject to hydrolysis) is 1. The van der Waals surface area contributed by atoms with E-state index in [1.165, 1.54) is 16.7 Å². The van der Waals surface area contributed by atoms with E-state index >= 15 is 0 Å². The average molecular weight is 230 g/mol. The molecule has 82 valence electrons. The van der Waals surface area contributed by atoms with Crippen molar-refractivity contribution in [3.8, 4) is 0 Å². The third-order valence-electron chi connectivity index (χ3n) is 1.43. The maximum atomic E-state index is 10.9. The zero-order valence-electron chi connectivity index (χ0n) is 8.02. The average Bonchev–Trinajstić information content (AvgIpc) is 2.63. The van der Waals surface area contributed by atoms with Crippen molar-refractivity contribution in [2.45, 2.75) is 13.5 Å². The molecule has 1 heterocycles. The molecule has 0 atom stereocenters. The van der Waals surface area contributed by atoms with Crippen molar-refractivity contribution < 1.29 is 19.4 Å². The third-order valence-corrected chi connectivity index (χ3v) is 2.28. The van der Waals surface area contributed by atoms with E-state index in [-0.39, 0.29) is 12.2 Å². The van der Waals surface area contributed by atoms with Gasteiger partial charge in [-0.3, -0.25) is 0 Å². The van der Waals surface area contributed by atoms with E-state index in [1.54, 1.807) is 6.92 Å². The van der Waals surface area contributed by atoms with E-state index in [0.29, 0.717) is 11.6 Å². The topological polar surface area (TPSA) is 88.5 Å². The molecule has 1 amide bonds. The van der Waals surface area contributed by atoms with Crippen LogP contribution in [0, 0.1) is 0 Å². The molecule has 0 aliphatic carbocycles. The van der Waals surface area contributed by atoms with Crippen molar-refractivity contribution in [3.05, 3.63) is 16.1 Å².